The monoisotopic (exact) mass is 343 g/mol. The van der Waals surface area contributed by atoms with Gasteiger partial charge in [0, 0.05) is 37.0 Å². The second-order valence-corrected chi connectivity index (χ2v) is 7.48. The normalized spacial score (nSPS) is 16.1. The van der Waals surface area contributed by atoms with Gasteiger partial charge in [0.1, 0.15) is 11.4 Å². The molecule has 0 radical (unpaired) electrons. The van der Waals surface area contributed by atoms with E-state index in [9.17, 15) is 4.79 Å². The maximum atomic E-state index is 12.1. The number of rotatable bonds is 2. The van der Waals surface area contributed by atoms with Crippen LogP contribution >= 0.6 is 0 Å². The molecule has 7 nitrogen and oxygen atoms in total. The van der Waals surface area contributed by atoms with Gasteiger partial charge in [-0.25, -0.2) is 9.78 Å². The Morgan fingerprint density at radius 2 is 2.04 bits per heavy atom. The van der Waals surface area contributed by atoms with Gasteiger partial charge in [0.2, 0.25) is 0 Å². The molecule has 1 amide bonds. The fraction of sp³-hybridized carbons (Fsp3) is 0.556. The number of aromatic nitrogens is 4. The maximum Gasteiger partial charge on any atom is 0.410 e. The van der Waals surface area contributed by atoms with Crippen LogP contribution in [0.2, 0.25) is 0 Å². The minimum Gasteiger partial charge on any atom is -0.444 e. The third-order valence-electron chi connectivity index (χ3n) is 4.32. The van der Waals surface area contributed by atoms with Crippen LogP contribution in [0, 0.1) is 6.92 Å². The molecule has 3 rings (SSSR count). The Labute approximate surface area is 147 Å². The molecule has 0 aromatic carbocycles. The number of pyridine rings is 1. The molecule has 1 aliphatic rings. The number of hydrogen-bond donors (Lipinski definition) is 1. The molecule has 0 saturated carbocycles. The predicted molar refractivity (Wildman–Crippen MR) is 94.1 cm³/mol. The van der Waals surface area contributed by atoms with Gasteiger partial charge in [-0.15, -0.1) is 0 Å². The lowest BCUT2D eigenvalue weighted by Crippen LogP contribution is -2.41. The van der Waals surface area contributed by atoms with Gasteiger partial charge in [-0.2, -0.15) is 5.10 Å². The number of likely N-dealkylation sites (tertiary alicyclic amines) is 1. The molecule has 0 aliphatic carbocycles. The van der Waals surface area contributed by atoms with E-state index < -0.39 is 5.60 Å². The number of hydrogen-bond acceptors (Lipinski definition) is 5. The molecule has 1 fully saturated rings. The number of nitrogens with zero attached hydrogens (tertiary/aromatic N) is 4. The summed E-state index contributed by atoms with van der Waals surface area (Å²) in [5.74, 6) is 1.83. The number of nitrogens with one attached hydrogen (secondary N) is 1. The number of piperidine rings is 1. The summed E-state index contributed by atoms with van der Waals surface area (Å²) >= 11 is 0. The number of aryl methyl sites for hydroxylation is 1. The molecule has 0 unspecified atom stereocenters. The molecule has 0 spiro atoms. The lowest BCUT2D eigenvalue weighted by molar-refractivity contribution is 0.0203. The summed E-state index contributed by atoms with van der Waals surface area (Å²) in [5.41, 5.74) is 1.58. The van der Waals surface area contributed by atoms with E-state index in [2.05, 4.69) is 20.2 Å². The molecule has 1 aliphatic heterocycles. The first-order valence-electron chi connectivity index (χ1n) is 8.65. The highest BCUT2D eigenvalue weighted by Crippen LogP contribution is 2.28. The Balaban J connectivity index is 1.63. The molecular weight excluding hydrogens is 318 g/mol. The van der Waals surface area contributed by atoms with E-state index in [1.54, 1.807) is 17.3 Å². The third kappa shape index (κ3) is 4.15. The van der Waals surface area contributed by atoms with Crippen molar-refractivity contribution in [1.82, 2.24) is 25.1 Å². The summed E-state index contributed by atoms with van der Waals surface area (Å²) < 4.78 is 5.44. The average Bonchev–Trinajstić information content (AvgIpc) is 3.03. The second kappa shape index (κ2) is 6.82. The lowest BCUT2D eigenvalue weighted by atomic mass is 9.96. The zero-order chi connectivity index (χ0) is 18.0. The second-order valence-electron chi connectivity index (χ2n) is 7.48. The Morgan fingerprint density at radius 1 is 1.32 bits per heavy atom. The van der Waals surface area contributed by atoms with Crippen molar-refractivity contribution in [3.05, 3.63) is 29.8 Å². The number of carbonyl (C=O) groups excluding carboxylic acids is 1. The van der Waals surface area contributed by atoms with Gasteiger partial charge < -0.3 is 9.64 Å². The zero-order valence-electron chi connectivity index (χ0n) is 15.2. The number of ether oxygens (including phenoxy) is 1. The largest absolute Gasteiger partial charge is 0.444 e. The van der Waals surface area contributed by atoms with Crippen LogP contribution in [-0.4, -0.2) is 49.8 Å². The number of aromatic amines is 1. The summed E-state index contributed by atoms with van der Waals surface area (Å²) in [6, 6.07) is 1.95. The van der Waals surface area contributed by atoms with E-state index in [0.29, 0.717) is 18.9 Å². The van der Waals surface area contributed by atoms with Crippen LogP contribution in [0.4, 0.5) is 4.79 Å². The lowest BCUT2D eigenvalue weighted by Gasteiger charge is -2.32. The van der Waals surface area contributed by atoms with Crippen molar-refractivity contribution in [2.24, 2.45) is 0 Å². The van der Waals surface area contributed by atoms with Gasteiger partial charge in [0.15, 0.2) is 5.82 Å². The highest BCUT2D eigenvalue weighted by molar-refractivity contribution is 5.68. The van der Waals surface area contributed by atoms with E-state index in [1.807, 2.05) is 33.8 Å². The molecular formula is C18H25N5O2. The quantitative estimate of drug-likeness (QED) is 0.904. The topological polar surface area (TPSA) is 84.0 Å². The van der Waals surface area contributed by atoms with Crippen molar-refractivity contribution in [2.45, 2.75) is 52.1 Å². The minimum absolute atomic E-state index is 0.241. The molecule has 1 N–H and O–H groups in total. The summed E-state index contributed by atoms with van der Waals surface area (Å²) in [5, 5.41) is 7.40. The van der Waals surface area contributed by atoms with Crippen LogP contribution in [0.1, 0.15) is 50.9 Å². The van der Waals surface area contributed by atoms with Crippen molar-refractivity contribution < 1.29 is 9.53 Å². The fourth-order valence-electron chi connectivity index (χ4n) is 2.94. The molecule has 134 valence electrons. The standard InChI is InChI=1S/C18H25N5O2/c1-12-5-8-19-11-14(12)16-20-15(21-22-16)13-6-9-23(10-7-13)17(24)25-18(2,3)4/h5,8,11,13H,6-7,9-10H2,1-4H3,(H,20,21,22). The molecule has 0 atom stereocenters. The smallest absolute Gasteiger partial charge is 0.410 e. The fourth-order valence-corrected chi connectivity index (χ4v) is 2.94. The van der Waals surface area contributed by atoms with Gasteiger partial charge in [0.25, 0.3) is 0 Å². The average molecular weight is 343 g/mol. The number of amides is 1. The van der Waals surface area contributed by atoms with E-state index >= 15 is 0 Å². The Hall–Kier alpha value is -2.44. The number of carbonyl (C=O) groups is 1. The molecule has 2 aromatic heterocycles. The summed E-state index contributed by atoms with van der Waals surface area (Å²) in [7, 11) is 0. The Kier molecular flexibility index (Phi) is 4.74. The van der Waals surface area contributed by atoms with Crippen LogP contribution < -0.4 is 0 Å². The number of H-pyrrole nitrogens is 1. The van der Waals surface area contributed by atoms with Crippen LogP contribution in [0.15, 0.2) is 18.5 Å². The van der Waals surface area contributed by atoms with Gasteiger partial charge in [-0.1, -0.05) is 0 Å². The maximum absolute atomic E-state index is 12.1. The van der Waals surface area contributed by atoms with Crippen LogP contribution in [0.3, 0.4) is 0 Å². The van der Waals surface area contributed by atoms with E-state index in [0.717, 1.165) is 29.8 Å². The van der Waals surface area contributed by atoms with E-state index in [-0.39, 0.29) is 12.0 Å². The first-order valence-corrected chi connectivity index (χ1v) is 8.65. The van der Waals surface area contributed by atoms with Gasteiger partial charge in [0.05, 0.1) is 0 Å². The highest BCUT2D eigenvalue weighted by Gasteiger charge is 2.29. The van der Waals surface area contributed by atoms with Gasteiger partial charge in [-0.3, -0.25) is 10.1 Å². The summed E-state index contributed by atoms with van der Waals surface area (Å²) in [6.45, 7) is 9.01. The van der Waals surface area contributed by atoms with Crippen molar-refractivity contribution in [3.63, 3.8) is 0 Å². The predicted octanol–water partition coefficient (Wildman–Crippen LogP) is 3.29. The molecule has 0 bridgehead atoms. The van der Waals surface area contributed by atoms with Crippen LogP contribution in [0.5, 0.6) is 0 Å². The molecule has 3 heterocycles. The van der Waals surface area contributed by atoms with Crippen molar-refractivity contribution in [1.29, 1.82) is 0 Å². The Morgan fingerprint density at radius 3 is 2.68 bits per heavy atom. The molecule has 2 aromatic rings. The van der Waals surface area contributed by atoms with E-state index in [4.69, 9.17) is 4.74 Å². The van der Waals surface area contributed by atoms with Crippen LogP contribution in [0.25, 0.3) is 11.4 Å². The van der Waals surface area contributed by atoms with Crippen molar-refractivity contribution >= 4 is 6.09 Å². The summed E-state index contributed by atoms with van der Waals surface area (Å²) in [6.07, 6.45) is 5.00. The van der Waals surface area contributed by atoms with Crippen molar-refractivity contribution in [3.8, 4) is 11.4 Å². The van der Waals surface area contributed by atoms with Gasteiger partial charge in [-0.05, 0) is 52.2 Å². The first kappa shape index (κ1) is 17.4. The van der Waals surface area contributed by atoms with Gasteiger partial charge >= 0.3 is 6.09 Å². The first-order chi connectivity index (χ1) is 11.8. The molecule has 1 saturated heterocycles. The SMILES string of the molecule is Cc1ccncc1-c1n[nH]c(C2CCN(C(=O)OC(C)(C)C)CC2)n1. The van der Waals surface area contributed by atoms with Crippen molar-refractivity contribution in [2.75, 3.05) is 13.1 Å². The zero-order valence-corrected chi connectivity index (χ0v) is 15.2. The summed E-state index contributed by atoms with van der Waals surface area (Å²) in [4.78, 5) is 22.7. The molecule has 7 heteroatoms. The Bertz CT molecular complexity index is 742. The molecule has 25 heavy (non-hydrogen) atoms. The van der Waals surface area contributed by atoms with Crippen LogP contribution in [-0.2, 0) is 4.74 Å². The highest BCUT2D eigenvalue weighted by atomic mass is 16.6. The minimum atomic E-state index is -0.463. The van der Waals surface area contributed by atoms with E-state index in [1.165, 1.54) is 0 Å². The third-order valence-corrected chi connectivity index (χ3v) is 4.32.